The average molecular weight is 325 g/mol. The Balaban J connectivity index is 1.78. The van der Waals surface area contributed by atoms with Crippen molar-refractivity contribution in [3.8, 4) is 0 Å². The molecule has 138 valence electrons. The Morgan fingerprint density at radius 3 is 1.57 bits per heavy atom. The number of rotatable bonds is 14. The lowest BCUT2D eigenvalue weighted by molar-refractivity contribution is 0.143. The normalized spacial score (nSPS) is 17.2. The molecule has 1 saturated heterocycles. The summed E-state index contributed by atoms with van der Waals surface area (Å²) in [4.78, 5) is 5.09. The molecule has 1 aliphatic rings. The lowest BCUT2D eigenvalue weighted by Gasteiger charge is -2.35. The fourth-order valence-electron chi connectivity index (χ4n) is 3.84. The van der Waals surface area contributed by atoms with E-state index < -0.39 is 0 Å². The van der Waals surface area contributed by atoms with E-state index in [1.807, 2.05) is 0 Å². The molecule has 0 N–H and O–H groups in total. The van der Waals surface area contributed by atoms with Gasteiger partial charge in [-0.15, -0.1) is 0 Å². The molecule has 0 aliphatic carbocycles. The molecule has 0 aromatic carbocycles. The minimum Gasteiger partial charge on any atom is -0.306 e. The second-order valence-electron chi connectivity index (χ2n) is 7.93. The lowest BCUT2D eigenvalue weighted by Crippen LogP contribution is -2.42. The molecule has 23 heavy (non-hydrogen) atoms. The summed E-state index contributed by atoms with van der Waals surface area (Å²) in [5.74, 6) is 0. The predicted octanol–water partition coefficient (Wildman–Crippen LogP) is 5.71. The van der Waals surface area contributed by atoms with E-state index in [1.54, 1.807) is 0 Å². The summed E-state index contributed by atoms with van der Waals surface area (Å²) < 4.78 is 0. The van der Waals surface area contributed by atoms with Crippen LogP contribution >= 0.6 is 0 Å². The van der Waals surface area contributed by atoms with Gasteiger partial charge in [0.05, 0.1) is 0 Å². The van der Waals surface area contributed by atoms with Gasteiger partial charge in [-0.05, 0) is 53.0 Å². The van der Waals surface area contributed by atoms with Crippen LogP contribution in [0, 0.1) is 0 Å². The standard InChI is InChI=1S/C21H44N2/c1-4-5-6-7-8-9-10-11-12-13-14-15-18-23-19-16-21(17-20-23)22(2)3/h21H,4-20H2,1-3H3. The first-order chi connectivity index (χ1) is 11.2. The average Bonchev–Trinajstić information content (AvgIpc) is 2.56. The van der Waals surface area contributed by atoms with Gasteiger partial charge in [0.15, 0.2) is 0 Å². The summed E-state index contributed by atoms with van der Waals surface area (Å²) in [6.07, 6.45) is 20.2. The maximum Gasteiger partial charge on any atom is 0.0113 e. The van der Waals surface area contributed by atoms with Crippen molar-refractivity contribution < 1.29 is 0 Å². The molecule has 0 unspecified atom stereocenters. The Morgan fingerprint density at radius 1 is 0.696 bits per heavy atom. The molecule has 0 saturated carbocycles. The Labute approximate surface area is 147 Å². The lowest BCUT2D eigenvalue weighted by atomic mass is 10.0. The van der Waals surface area contributed by atoms with Crippen LogP contribution in [-0.4, -0.2) is 49.6 Å². The molecule has 2 heteroatoms. The summed E-state index contributed by atoms with van der Waals surface area (Å²) in [7, 11) is 4.46. The molecule has 1 aliphatic heterocycles. The third-order valence-corrected chi connectivity index (χ3v) is 5.62. The molecule has 1 fully saturated rings. The van der Waals surface area contributed by atoms with Gasteiger partial charge in [0.25, 0.3) is 0 Å². The molecule has 0 radical (unpaired) electrons. The number of hydrogen-bond donors (Lipinski definition) is 0. The van der Waals surface area contributed by atoms with Gasteiger partial charge < -0.3 is 9.80 Å². The zero-order valence-corrected chi connectivity index (χ0v) is 16.5. The first kappa shape index (κ1) is 21.0. The molecule has 0 aromatic heterocycles. The van der Waals surface area contributed by atoms with Gasteiger partial charge in [-0.25, -0.2) is 0 Å². The summed E-state index contributed by atoms with van der Waals surface area (Å²) >= 11 is 0. The minimum absolute atomic E-state index is 0.827. The van der Waals surface area contributed by atoms with Crippen LogP contribution in [0.15, 0.2) is 0 Å². The summed E-state index contributed by atoms with van der Waals surface area (Å²) in [5.41, 5.74) is 0. The van der Waals surface area contributed by atoms with Crippen molar-refractivity contribution in [3.05, 3.63) is 0 Å². The van der Waals surface area contributed by atoms with Gasteiger partial charge in [-0.3, -0.25) is 0 Å². The van der Waals surface area contributed by atoms with Crippen molar-refractivity contribution in [2.75, 3.05) is 33.7 Å². The Bertz CT molecular complexity index is 244. The summed E-state index contributed by atoms with van der Waals surface area (Å²) in [6, 6.07) is 0.827. The van der Waals surface area contributed by atoms with E-state index in [0.717, 1.165) is 6.04 Å². The van der Waals surface area contributed by atoms with Gasteiger partial charge in [0.1, 0.15) is 0 Å². The molecule has 1 rings (SSSR count). The zero-order chi connectivity index (χ0) is 16.8. The van der Waals surface area contributed by atoms with Crippen LogP contribution < -0.4 is 0 Å². The van der Waals surface area contributed by atoms with Crippen molar-refractivity contribution in [2.24, 2.45) is 0 Å². The summed E-state index contributed by atoms with van der Waals surface area (Å²) in [5, 5.41) is 0. The topological polar surface area (TPSA) is 6.48 Å². The van der Waals surface area contributed by atoms with E-state index in [0.29, 0.717) is 0 Å². The van der Waals surface area contributed by atoms with Crippen molar-refractivity contribution in [1.29, 1.82) is 0 Å². The highest BCUT2D eigenvalue weighted by atomic mass is 15.2. The zero-order valence-electron chi connectivity index (χ0n) is 16.5. The number of unbranched alkanes of at least 4 members (excludes halogenated alkanes) is 11. The second-order valence-corrected chi connectivity index (χ2v) is 7.93. The number of hydrogen-bond acceptors (Lipinski definition) is 2. The molecule has 0 atom stereocenters. The maximum absolute atomic E-state index is 2.69. The number of nitrogens with zero attached hydrogens (tertiary/aromatic N) is 2. The Kier molecular flexibility index (Phi) is 13.0. The third-order valence-electron chi connectivity index (χ3n) is 5.62. The van der Waals surface area contributed by atoms with Crippen LogP contribution in [0.2, 0.25) is 0 Å². The van der Waals surface area contributed by atoms with Crippen LogP contribution in [-0.2, 0) is 0 Å². The Morgan fingerprint density at radius 2 is 1.13 bits per heavy atom. The van der Waals surface area contributed by atoms with E-state index in [-0.39, 0.29) is 0 Å². The van der Waals surface area contributed by atoms with Crippen molar-refractivity contribution >= 4 is 0 Å². The van der Waals surface area contributed by atoms with E-state index >= 15 is 0 Å². The smallest absolute Gasteiger partial charge is 0.0113 e. The highest BCUT2D eigenvalue weighted by Gasteiger charge is 2.19. The number of likely N-dealkylation sites (tertiary alicyclic amines) is 1. The third kappa shape index (κ3) is 11.2. The van der Waals surface area contributed by atoms with Gasteiger partial charge in [0.2, 0.25) is 0 Å². The SMILES string of the molecule is CCCCCCCCCCCCCCN1CCC(N(C)C)CC1. The largest absolute Gasteiger partial charge is 0.306 e. The molecule has 2 nitrogen and oxygen atoms in total. The molecule has 0 spiro atoms. The van der Waals surface area contributed by atoms with Gasteiger partial charge in [-0.1, -0.05) is 77.6 Å². The van der Waals surface area contributed by atoms with Crippen LogP contribution in [0.1, 0.15) is 96.8 Å². The van der Waals surface area contributed by atoms with Crippen LogP contribution in [0.25, 0.3) is 0 Å². The molecule has 1 heterocycles. The van der Waals surface area contributed by atoms with E-state index in [9.17, 15) is 0 Å². The molecular formula is C21H44N2. The van der Waals surface area contributed by atoms with Crippen LogP contribution in [0.3, 0.4) is 0 Å². The highest BCUT2D eigenvalue weighted by Crippen LogP contribution is 2.16. The van der Waals surface area contributed by atoms with Gasteiger partial charge in [0, 0.05) is 6.04 Å². The highest BCUT2D eigenvalue weighted by molar-refractivity contribution is 4.76. The van der Waals surface area contributed by atoms with Gasteiger partial charge in [-0.2, -0.15) is 0 Å². The van der Waals surface area contributed by atoms with Crippen molar-refractivity contribution in [3.63, 3.8) is 0 Å². The van der Waals surface area contributed by atoms with Crippen LogP contribution in [0.5, 0.6) is 0 Å². The quantitative estimate of drug-likeness (QED) is 0.377. The van der Waals surface area contributed by atoms with Gasteiger partial charge >= 0.3 is 0 Å². The predicted molar refractivity (Wildman–Crippen MR) is 104 cm³/mol. The fraction of sp³-hybridized carbons (Fsp3) is 1.00. The fourth-order valence-corrected chi connectivity index (χ4v) is 3.84. The second kappa shape index (κ2) is 14.3. The first-order valence-corrected chi connectivity index (χ1v) is 10.6. The first-order valence-electron chi connectivity index (χ1n) is 10.6. The monoisotopic (exact) mass is 324 g/mol. The maximum atomic E-state index is 2.69. The van der Waals surface area contributed by atoms with Crippen molar-refractivity contribution in [1.82, 2.24) is 9.80 Å². The van der Waals surface area contributed by atoms with E-state index in [1.165, 1.54) is 110 Å². The molecule has 0 amide bonds. The van der Waals surface area contributed by atoms with E-state index in [2.05, 4.69) is 30.8 Å². The molecule has 0 aromatic rings. The van der Waals surface area contributed by atoms with Crippen LogP contribution in [0.4, 0.5) is 0 Å². The summed E-state index contributed by atoms with van der Waals surface area (Å²) in [6.45, 7) is 6.28. The number of piperidine rings is 1. The van der Waals surface area contributed by atoms with Crippen molar-refractivity contribution in [2.45, 2.75) is 103 Å². The Hall–Kier alpha value is -0.0800. The van der Waals surface area contributed by atoms with E-state index in [4.69, 9.17) is 0 Å². The molecular weight excluding hydrogens is 280 g/mol. The minimum atomic E-state index is 0.827. The molecule has 0 bridgehead atoms.